The number of carbonyl (C=O) groups is 1. The van der Waals surface area contributed by atoms with Gasteiger partial charge in [-0.2, -0.15) is 0 Å². The predicted molar refractivity (Wildman–Crippen MR) is 52.0 cm³/mol. The van der Waals surface area contributed by atoms with E-state index in [0.717, 1.165) is 11.8 Å². The number of carbonyl (C=O) groups excluding carboxylic acids is 1. The Balaban J connectivity index is 3.66. The summed E-state index contributed by atoms with van der Waals surface area (Å²) in [5, 5.41) is 0.581. The average Bonchev–Trinajstić information content (AvgIpc) is 1.87. The van der Waals surface area contributed by atoms with Gasteiger partial charge in [-0.05, 0) is 22.9 Å². The Bertz CT molecular complexity index is 157. The fourth-order valence-electron chi connectivity index (χ4n) is 0.361. The van der Waals surface area contributed by atoms with E-state index in [-0.39, 0.29) is 11.0 Å². The van der Waals surface area contributed by atoms with E-state index < -0.39 is 0 Å². The Morgan fingerprint density at radius 1 is 1.73 bits per heavy atom. The van der Waals surface area contributed by atoms with E-state index in [9.17, 15) is 4.79 Å². The molecular formula is C7H10Br2O2. The molecule has 0 aliphatic heterocycles. The normalized spacial score (nSPS) is 12.3. The van der Waals surface area contributed by atoms with Crippen LogP contribution in [0.1, 0.15) is 13.3 Å². The maximum atomic E-state index is 10.9. The summed E-state index contributed by atoms with van der Waals surface area (Å²) in [4.78, 5) is 10.9. The second-order valence-electron chi connectivity index (χ2n) is 2.07. The van der Waals surface area contributed by atoms with Crippen LogP contribution in [0.2, 0.25) is 0 Å². The molecule has 0 saturated heterocycles. The molecule has 0 heterocycles. The summed E-state index contributed by atoms with van der Waals surface area (Å²) in [7, 11) is 0. The highest BCUT2D eigenvalue weighted by molar-refractivity contribution is 9.10. The first-order chi connectivity index (χ1) is 5.07. The standard InChI is InChI=1S/C7H10Br2O2/c1-5(2)7(10)11-6(9)3-4-8/h6H,1,3-4H2,2H3. The lowest BCUT2D eigenvalue weighted by atomic mass is 10.4. The van der Waals surface area contributed by atoms with Crippen LogP contribution in [0.4, 0.5) is 0 Å². The fraction of sp³-hybridized carbons (Fsp3) is 0.571. The van der Waals surface area contributed by atoms with Crippen molar-refractivity contribution in [2.75, 3.05) is 5.33 Å². The van der Waals surface area contributed by atoms with Gasteiger partial charge in [-0.1, -0.05) is 22.5 Å². The zero-order chi connectivity index (χ0) is 8.85. The highest BCUT2D eigenvalue weighted by Crippen LogP contribution is 2.10. The molecule has 0 aliphatic rings. The summed E-state index contributed by atoms with van der Waals surface area (Å²) in [6, 6.07) is 0. The third-order valence-corrected chi connectivity index (χ3v) is 2.02. The third kappa shape index (κ3) is 5.44. The fourth-order valence-corrected chi connectivity index (χ4v) is 1.79. The maximum Gasteiger partial charge on any atom is 0.334 e. The van der Waals surface area contributed by atoms with Crippen LogP contribution in [0, 0.1) is 0 Å². The predicted octanol–water partition coefficient (Wildman–Crippen LogP) is 2.61. The lowest BCUT2D eigenvalue weighted by Gasteiger charge is -2.08. The Hall–Kier alpha value is 0.170. The van der Waals surface area contributed by atoms with E-state index in [0.29, 0.717) is 5.57 Å². The Kier molecular flexibility index (Phi) is 5.86. The van der Waals surface area contributed by atoms with Crippen molar-refractivity contribution in [2.45, 2.75) is 18.4 Å². The molecule has 4 heteroatoms. The summed E-state index contributed by atoms with van der Waals surface area (Å²) in [6.07, 6.45) is 0.749. The average molecular weight is 286 g/mol. The smallest absolute Gasteiger partial charge is 0.334 e. The molecule has 0 fully saturated rings. The third-order valence-electron chi connectivity index (χ3n) is 0.919. The lowest BCUT2D eigenvalue weighted by Crippen LogP contribution is -2.12. The number of halogens is 2. The summed E-state index contributed by atoms with van der Waals surface area (Å²) in [5.41, 5.74) is 0.420. The van der Waals surface area contributed by atoms with Crippen molar-refractivity contribution in [2.24, 2.45) is 0 Å². The molecular weight excluding hydrogens is 276 g/mol. The van der Waals surface area contributed by atoms with Gasteiger partial charge in [0.1, 0.15) is 0 Å². The first-order valence-electron chi connectivity index (χ1n) is 3.14. The van der Waals surface area contributed by atoms with E-state index in [1.54, 1.807) is 6.92 Å². The number of alkyl halides is 2. The minimum absolute atomic E-state index is 0.217. The van der Waals surface area contributed by atoms with Gasteiger partial charge in [0.05, 0.1) is 0 Å². The molecule has 0 aromatic carbocycles. The van der Waals surface area contributed by atoms with Gasteiger partial charge in [-0.25, -0.2) is 4.79 Å². The van der Waals surface area contributed by atoms with Crippen LogP contribution in [0.3, 0.4) is 0 Å². The molecule has 1 unspecified atom stereocenters. The molecule has 11 heavy (non-hydrogen) atoms. The van der Waals surface area contributed by atoms with Gasteiger partial charge in [0.2, 0.25) is 0 Å². The molecule has 0 spiro atoms. The molecule has 0 bridgehead atoms. The maximum absolute atomic E-state index is 10.9. The lowest BCUT2D eigenvalue weighted by molar-refractivity contribution is -0.140. The Labute approximate surface area is 83.2 Å². The van der Waals surface area contributed by atoms with E-state index in [1.165, 1.54) is 0 Å². The monoisotopic (exact) mass is 284 g/mol. The first-order valence-corrected chi connectivity index (χ1v) is 5.18. The molecule has 0 amide bonds. The molecule has 0 radical (unpaired) electrons. The zero-order valence-corrected chi connectivity index (χ0v) is 9.44. The van der Waals surface area contributed by atoms with Crippen molar-refractivity contribution in [3.63, 3.8) is 0 Å². The summed E-state index contributed by atoms with van der Waals surface area (Å²) in [5.74, 6) is -0.354. The van der Waals surface area contributed by atoms with Crippen LogP contribution in [0.5, 0.6) is 0 Å². The molecule has 0 aromatic rings. The molecule has 0 rings (SSSR count). The number of hydrogen-bond acceptors (Lipinski definition) is 2. The van der Waals surface area contributed by atoms with Crippen molar-refractivity contribution in [1.29, 1.82) is 0 Å². The van der Waals surface area contributed by atoms with Crippen molar-refractivity contribution in [1.82, 2.24) is 0 Å². The summed E-state index contributed by atoms with van der Waals surface area (Å²) in [6.45, 7) is 5.08. The SMILES string of the molecule is C=C(C)C(=O)OC(Br)CCBr. The van der Waals surface area contributed by atoms with Crippen LogP contribution in [-0.2, 0) is 9.53 Å². The van der Waals surface area contributed by atoms with Gasteiger partial charge in [0, 0.05) is 17.3 Å². The number of ether oxygens (including phenoxy) is 1. The molecule has 2 nitrogen and oxygen atoms in total. The topological polar surface area (TPSA) is 26.3 Å². The molecule has 0 saturated carbocycles. The highest BCUT2D eigenvalue weighted by Gasteiger charge is 2.09. The van der Waals surface area contributed by atoms with E-state index in [1.807, 2.05) is 0 Å². The van der Waals surface area contributed by atoms with Crippen molar-refractivity contribution in [3.8, 4) is 0 Å². The van der Waals surface area contributed by atoms with Crippen LogP contribution in [0.25, 0.3) is 0 Å². The zero-order valence-electron chi connectivity index (χ0n) is 6.27. The minimum Gasteiger partial charge on any atom is -0.447 e. The minimum atomic E-state index is -0.354. The van der Waals surface area contributed by atoms with Gasteiger partial charge >= 0.3 is 5.97 Å². The van der Waals surface area contributed by atoms with E-state index in [2.05, 4.69) is 38.4 Å². The van der Waals surface area contributed by atoms with Gasteiger partial charge in [0.15, 0.2) is 5.01 Å². The summed E-state index contributed by atoms with van der Waals surface area (Å²) >= 11 is 6.43. The van der Waals surface area contributed by atoms with Gasteiger partial charge in [0.25, 0.3) is 0 Å². The molecule has 1 atom stereocenters. The second kappa shape index (κ2) is 5.77. The number of esters is 1. The van der Waals surface area contributed by atoms with Gasteiger partial charge in [-0.3, -0.25) is 0 Å². The highest BCUT2D eigenvalue weighted by atomic mass is 79.9. The van der Waals surface area contributed by atoms with Gasteiger partial charge in [-0.15, -0.1) is 0 Å². The largest absolute Gasteiger partial charge is 0.447 e. The van der Waals surface area contributed by atoms with Gasteiger partial charge < -0.3 is 4.74 Å². The first kappa shape index (κ1) is 11.2. The van der Waals surface area contributed by atoms with Crippen LogP contribution in [-0.4, -0.2) is 16.3 Å². The Morgan fingerprint density at radius 2 is 2.27 bits per heavy atom. The Morgan fingerprint density at radius 3 is 2.64 bits per heavy atom. The second-order valence-corrected chi connectivity index (χ2v) is 3.89. The molecule has 0 aromatic heterocycles. The van der Waals surface area contributed by atoms with E-state index in [4.69, 9.17) is 4.74 Å². The number of rotatable bonds is 4. The summed E-state index contributed by atoms with van der Waals surface area (Å²) < 4.78 is 4.90. The quantitative estimate of drug-likeness (QED) is 0.451. The van der Waals surface area contributed by atoms with Crippen LogP contribution < -0.4 is 0 Å². The molecule has 0 N–H and O–H groups in total. The van der Waals surface area contributed by atoms with Crippen LogP contribution in [0.15, 0.2) is 12.2 Å². The van der Waals surface area contributed by atoms with Crippen molar-refractivity contribution < 1.29 is 9.53 Å². The number of hydrogen-bond donors (Lipinski definition) is 0. The van der Waals surface area contributed by atoms with Crippen molar-refractivity contribution in [3.05, 3.63) is 12.2 Å². The molecule has 64 valence electrons. The molecule has 0 aliphatic carbocycles. The van der Waals surface area contributed by atoms with Crippen molar-refractivity contribution >= 4 is 37.8 Å². The van der Waals surface area contributed by atoms with Crippen LogP contribution >= 0.6 is 31.9 Å². The van der Waals surface area contributed by atoms with E-state index >= 15 is 0 Å².